The van der Waals surface area contributed by atoms with E-state index >= 15 is 0 Å². The Bertz CT molecular complexity index is 370. The molecule has 0 bridgehead atoms. The van der Waals surface area contributed by atoms with Gasteiger partial charge in [-0.25, -0.2) is 0 Å². The van der Waals surface area contributed by atoms with E-state index in [4.69, 9.17) is 16.9 Å². The molecule has 0 unspecified atom stereocenters. The molecule has 1 N–H and O–H groups in total. The predicted molar refractivity (Wildman–Crippen MR) is 57.6 cm³/mol. The van der Waals surface area contributed by atoms with E-state index in [1.54, 1.807) is 6.19 Å². The number of anilines is 2. The fourth-order valence-corrected chi connectivity index (χ4v) is 1.25. The van der Waals surface area contributed by atoms with Crippen molar-refractivity contribution in [3.8, 4) is 6.19 Å². The molecule has 0 saturated carbocycles. The molecular formula is C8H11ClN6. The molecule has 0 fully saturated rings. The predicted octanol–water partition coefficient (Wildman–Crippen LogP) is 1.26. The van der Waals surface area contributed by atoms with Crippen molar-refractivity contribution < 1.29 is 0 Å². The highest BCUT2D eigenvalue weighted by atomic mass is 35.5. The summed E-state index contributed by atoms with van der Waals surface area (Å²) in [5.41, 5.74) is 0. The summed E-state index contributed by atoms with van der Waals surface area (Å²) >= 11 is 5.71. The summed E-state index contributed by atoms with van der Waals surface area (Å²) in [6.45, 7) is 5.50. The zero-order valence-corrected chi connectivity index (χ0v) is 9.28. The molecule has 1 aromatic heterocycles. The third-order valence-corrected chi connectivity index (χ3v) is 1.98. The lowest BCUT2D eigenvalue weighted by molar-refractivity contribution is 0.814. The molecule has 6 nitrogen and oxygen atoms in total. The summed E-state index contributed by atoms with van der Waals surface area (Å²) in [6.07, 6.45) is 1.73. The second-order valence-electron chi connectivity index (χ2n) is 2.64. The lowest BCUT2D eigenvalue weighted by atomic mass is 10.5. The zero-order valence-electron chi connectivity index (χ0n) is 8.53. The van der Waals surface area contributed by atoms with Crippen molar-refractivity contribution in [1.29, 1.82) is 5.26 Å². The first-order chi connectivity index (χ1) is 7.21. The van der Waals surface area contributed by atoms with Gasteiger partial charge in [-0.2, -0.15) is 20.2 Å². The van der Waals surface area contributed by atoms with Gasteiger partial charge in [0.05, 0.1) is 0 Å². The first-order valence-electron chi connectivity index (χ1n) is 4.52. The van der Waals surface area contributed by atoms with Gasteiger partial charge in [0.15, 0.2) is 6.19 Å². The number of hydrogen-bond donors (Lipinski definition) is 1. The molecule has 0 spiro atoms. The van der Waals surface area contributed by atoms with Crippen LogP contribution in [-0.2, 0) is 0 Å². The van der Waals surface area contributed by atoms with Crippen LogP contribution >= 0.6 is 11.6 Å². The highest BCUT2D eigenvalue weighted by Crippen LogP contribution is 2.12. The average molecular weight is 227 g/mol. The molecule has 0 aromatic carbocycles. The fraction of sp³-hybridized carbons (Fsp3) is 0.500. The third-order valence-electron chi connectivity index (χ3n) is 1.81. The summed E-state index contributed by atoms with van der Waals surface area (Å²) in [5, 5.41) is 10.8. The van der Waals surface area contributed by atoms with E-state index in [1.807, 2.05) is 18.7 Å². The standard InChI is InChI=1S/C8H11ClN6/c1-3-15(4-2)8-13-6(9)12-7(14-8)11-5-10/h3-4H2,1-2H3,(H,11,12,13,14). The van der Waals surface area contributed by atoms with Gasteiger partial charge < -0.3 is 4.90 Å². The van der Waals surface area contributed by atoms with Gasteiger partial charge in [0.2, 0.25) is 17.2 Å². The van der Waals surface area contributed by atoms with Crippen LogP contribution in [0.2, 0.25) is 5.28 Å². The molecule has 1 aromatic rings. The van der Waals surface area contributed by atoms with E-state index in [0.717, 1.165) is 13.1 Å². The molecule has 7 heteroatoms. The maximum absolute atomic E-state index is 8.44. The molecule has 0 atom stereocenters. The quantitative estimate of drug-likeness (QED) is 0.615. The van der Waals surface area contributed by atoms with Crippen LogP contribution in [0.1, 0.15) is 13.8 Å². The topological polar surface area (TPSA) is 77.7 Å². The highest BCUT2D eigenvalue weighted by Gasteiger charge is 2.09. The first kappa shape index (κ1) is 11.5. The Labute approximate surface area is 92.9 Å². The molecular weight excluding hydrogens is 216 g/mol. The van der Waals surface area contributed by atoms with Crippen LogP contribution in [0.5, 0.6) is 0 Å². The lowest BCUT2D eigenvalue weighted by Gasteiger charge is -2.18. The van der Waals surface area contributed by atoms with Crippen LogP contribution in [0.4, 0.5) is 11.9 Å². The van der Waals surface area contributed by atoms with Gasteiger partial charge in [0, 0.05) is 13.1 Å². The Kier molecular flexibility index (Phi) is 4.06. The minimum absolute atomic E-state index is 0.0738. The summed E-state index contributed by atoms with van der Waals surface area (Å²) < 4.78 is 0. The van der Waals surface area contributed by atoms with Crippen molar-refractivity contribution in [2.75, 3.05) is 23.3 Å². The number of halogens is 1. The Balaban J connectivity index is 3.03. The number of hydrogen-bond acceptors (Lipinski definition) is 6. The zero-order chi connectivity index (χ0) is 11.3. The van der Waals surface area contributed by atoms with Crippen LogP contribution in [0.25, 0.3) is 0 Å². The van der Waals surface area contributed by atoms with Crippen molar-refractivity contribution in [2.24, 2.45) is 0 Å². The van der Waals surface area contributed by atoms with Gasteiger partial charge in [-0.1, -0.05) is 0 Å². The van der Waals surface area contributed by atoms with Crippen LogP contribution in [-0.4, -0.2) is 28.0 Å². The first-order valence-corrected chi connectivity index (χ1v) is 4.90. The molecule has 0 aliphatic carbocycles. The van der Waals surface area contributed by atoms with Crippen molar-refractivity contribution in [3.63, 3.8) is 0 Å². The Hall–Kier alpha value is -1.61. The summed E-state index contributed by atoms with van der Waals surface area (Å²) in [7, 11) is 0. The van der Waals surface area contributed by atoms with Gasteiger partial charge in [-0.15, -0.1) is 0 Å². The molecule has 1 rings (SSSR count). The van der Waals surface area contributed by atoms with Crippen LogP contribution in [0.3, 0.4) is 0 Å². The maximum atomic E-state index is 8.44. The van der Waals surface area contributed by atoms with Gasteiger partial charge in [-0.05, 0) is 25.4 Å². The summed E-state index contributed by atoms with van der Waals surface area (Å²) in [4.78, 5) is 13.7. The smallest absolute Gasteiger partial charge is 0.242 e. The van der Waals surface area contributed by atoms with E-state index in [-0.39, 0.29) is 11.2 Å². The van der Waals surface area contributed by atoms with Gasteiger partial charge in [0.1, 0.15) is 0 Å². The highest BCUT2D eigenvalue weighted by molar-refractivity contribution is 6.28. The van der Waals surface area contributed by atoms with Gasteiger partial charge >= 0.3 is 0 Å². The number of rotatable bonds is 4. The van der Waals surface area contributed by atoms with Crippen molar-refractivity contribution >= 4 is 23.5 Å². The van der Waals surface area contributed by atoms with Crippen LogP contribution < -0.4 is 10.2 Å². The monoisotopic (exact) mass is 226 g/mol. The van der Waals surface area contributed by atoms with E-state index < -0.39 is 0 Å². The Morgan fingerprint density at radius 2 is 2.00 bits per heavy atom. The molecule has 0 amide bonds. The molecule has 0 radical (unpaired) electrons. The normalized spacial score (nSPS) is 9.47. The second kappa shape index (κ2) is 5.32. The van der Waals surface area contributed by atoms with Crippen molar-refractivity contribution in [2.45, 2.75) is 13.8 Å². The molecule has 0 saturated heterocycles. The van der Waals surface area contributed by atoms with Gasteiger partial charge in [0.25, 0.3) is 0 Å². The van der Waals surface area contributed by atoms with E-state index in [0.29, 0.717) is 5.95 Å². The minimum atomic E-state index is 0.0738. The summed E-state index contributed by atoms with van der Waals surface area (Å²) in [6, 6.07) is 0. The van der Waals surface area contributed by atoms with Crippen LogP contribution in [0.15, 0.2) is 0 Å². The molecule has 1 heterocycles. The van der Waals surface area contributed by atoms with E-state index in [9.17, 15) is 0 Å². The number of nitrogens with zero attached hydrogens (tertiary/aromatic N) is 5. The fourth-order valence-electron chi connectivity index (χ4n) is 1.09. The average Bonchev–Trinajstić information content (AvgIpc) is 2.19. The van der Waals surface area contributed by atoms with E-state index in [2.05, 4.69) is 20.3 Å². The van der Waals surface area contributed by atoms with Gasteiger partial charge in [-0.3, -0.25) is 5.32 Å². The largest absolute Gasteiger partial charge is 0.341 e. The second-order valence-corrected chi connectivity index (χ2v) is 2.98. The third kappa shape index (κ3) is 2.92. The van der Waals surface area contributed by atoms with Crippen molar-refractivity contribution in [1.82, 2.24) is 15.0 Å². The Morgan fingerprint density at radius 1 is 1.33 bits per heavy atom. The van der Waals surface area contributed by atoms with Crippen LogP contribution in [0, 0.1) is 11.5 Å². The molecule has 80 valence electrons. The number of nitriles is 1. The molecule has 0 aliphatic rings. The van der Waals surface area contributed by atoms with Crippen molar-refractivity contribution in [3.05, 3.63) is 5.28 Å². The SMILES string of the molecule is CCN(CC)c1nc(Cl)nc(NC#N)n1. The summed E-state index contributed by atoms with van der Waals surface area (Å²) in [5.74, 6) is 0.636. The Morgan fingerprint density at radius 3 is 2.53 bits per heavy atom. The maximum Gasteiger partial charge on any atom is 0.242 e. The molecule has 0 aliphatic heterocycles. The molecule has 15 heavy (non-hydrogen) atoms. The minimum Gasteiger partial charge on any atom is -0.341 e. The number of aromatic nitrogens is 3. The number of nitrogens with one attached hydrogen (secondary N) is 1. The lowest BCUT2D eigenvalue weighted by Crippen LogP contribution is -2.24. The van der Waals surface area contributed by atoms with E-state index in [1.165, 1.54) is 0 Å².